The predicted molar refractivity (Wildman–Crippen MR) is 223 cm³/mol. The monoisotopic (exact) mass is 752 g/mol. The van der Waals surface area contributed by atoms with Gasteiger partial charge in [0.25, 0.3) is 0 Å². The summed E-state index contributed by atoms with van der Waals surface area (Å²) in [5.74, 6) is -0.639. The maximum absolute atomic E-state index is 13.1. The normalized spacial score (nSPS) is 11.6. The van der Waals surface area contributed by atoms with Gasteiger partial charge in [0.1, 0.15) is 18.8 Å². The minimum absolute atomic E-state index is 0.0213. The molecule has 0 atom stereocenters. The molecule has 0 aromatic rings. The first kappa shape index (κ1) is 51.4. The van der Waals surface area contributed by atoms with E-state index in [0.29, 0.717) is 6.42 Å². The largest absolute Gasteiger partial charge is 0.463 e. The fourth-order valence-corrected chi connectivity index (χ4v) is 6.84. The number of carbonyl (C=O) groups is 3. The van der Waals surface area contributed by atoms with Crippen LogP contribution in [0, 0.1) is 0 Å². The van der Waals surface area contributed by atoms with Crippen LogP contribution in [-0.4, -0.2) is 61.3 Å². The third-order valence-electron chi connectivity index (χ3n) is 10.1. The van der Waals surface area contributed by atoms with Crippen molar-refractivity contribution in [3.63, 3.8) is 0 Å². The molecule has 0 N–H and O–H groups in total. The Hall–Kier alpha value is -1.63. The molecule has 0 fully saturated rings. The summed E-state index contributed by atoms with van der Waals surface area (Å²) in [6, 6.07) is 0. The van der Waals surface area contributed by atoms with Crippen LogP contribution in [0.4, 0.5) is 0 Å². The molecule has 0 saturated carbocycles. The smallest absolute Gasteiger partial charge is 0.306 e. The summed E-state index contributed by atoms with van der Waals surface area (Å²) in [5, 5.41) is 0. The zero-order valence-corrected chi connectivity index (χ0v) is 36.1. The molecule has 7 nitrogen and oxygen atoms in total. The Morgan fingerprint density at radius 2 is 0.774 bits per heavy atom. The van der Waals surface area contributed by atoms with Crippen molar-refractivity contribution in [1.29, 1.82) is 0 Å². The Kier molecular flexibility index (Phi) is 37.4. The van der Waals surface area contributed by atoms with E-state index in [9.17, 15) is 14.4 Å². The molecule has 314 valence electrons. The van der Waals surface area contributed by atoms with Gasteiger partial charge in [0.2, 0.25) is 5.91 Å². The second-order valence-electron chi connectivity index (χ2n) is 16.6. The Morgan fingerprint density at radius 1 is 0.434 bits per heavy atom. The van der Waals surface area contributed by atoms with E-state index in [4.69, 9.17) is 14.2 Å². The second kappa shape index (κ2) is 38.6. The Labute approximate surface area is 329 Å². The van der Waals surface area contributed by atoms with Gasteiger partial charge >= 0.3 is 11.9 Å². The van der Waals surface area contributed by atoms with E-state index in [0.717, 1.165) is 25.9 Å². The quantitative estimate of drug-likeness (QED) is 0.0458. The van der Waals surface area contributed by atoms with Gasteiger partial charge in [0, 0.05) is 25.9 Å². The molecule has 0 aromatic heterocycles. The Bertz CT molecular complexity index is 825. The molecule has 0 rings (SSSR count). The lowest BCUT2D eigenvalue weighted by molar-refractivity contribution is -0.155. The number of nitrogens with zero attached hydrogens (tertiary/aromatic N) is 1. The van der Waals surface area contributed by atoms with Crippen LogP contribution < -0.4 is 0 Å². The topological polar surface area (TPSA) is 82.1 Å². The van der Waals surface area contributed by atoms with Crippen molar-refractivity contribution in [3.8, 4) is 0 Å². The van der Waals surface area contributed by atoms with E-state index in [-0.39, 0.29) is 50.5 Å². The van der Waals surface area contributed by atoms with Gasteiger partial charge in [-0.05, 0) is 40.0 Å². The van der Waals surface area contributed by atoms with Crippen LogP contribution in [0.5, 0.6) is 0 Å². The predicted octanol–water partition coefficient (Wildman–Crippen LogP) is 13.2. The van der Waals surface area contributed by atoms with Crippen LogP contribution in [0.1, 0.15) is 240 Å². The zero-order chi connectivity index (χ0) is 39.1. The van der Waals surface area contributed by atoms with E-state index >= 15 is 0 Å². The van der Waals surface area contributed by atoms with Crippen LogP contribution >= 0.6 is 0 Å². The lowest BCUT2D eigenvalue weighted by atomic mass is 10.0. The molecule has 53 heavy (non-hydrogen) atoms. The molecule has 0 unspecified atom stereocenters. The molecule has 0 aliphatic rings. The fraction of sp³-hybridized carbons (Fsp3) is 0.935. The zero-order valence-electron chi connectivity index (χ0n) is 36.1. The molecule has 0 saturated heterocycles. The van der Waals surface area contributed by atoms with E-state index in [1.165, 1.54) is 173 Å². The third-order valence-corrected chi connectivity index (χ3v) is 10.1. The van der Waals surface area contributed by atoms with Crippen LogP contribution in [0.3, 0.4) is 0 Å². The molecule has 0 bridgehead atoms. The van der Waals surface area contributed by atoms with Crippen molar-refractivity contribution in [3.05, 3.63) is 0 Å². The third kappa shape index (κ3) is 39.9. The van der Waals surface area contributed by atoms with Crippen LogP contribution in [0.15, 0.2) is 0 Å². The van der Waals surface area contributed by atoms with E-state index in [1.807, 2.05) is 25.7 Å². The van der Waals surface area contributed by atoms with Crippen molar-refractivity contribution in [1.82, 2.24) is 4.90 Å². The van der Waals surface area contributed by atoms with Gasteiger partial charge in [0.15, 0.2) is 0 Å². The number of unbranched alkanes of at least 4 members (excludes halogenated alkanes) is 27. The van der Waals surface area contributed by atoms with E-state index in [2.05, 4.69) is 13.8 Å². The summed E-state index contributed by atoms with van der Waals surface area (Å²) >= 11 is 0. The molecule has 0 heterocycles. The van der Waals surface area contributed by atoms with Crippen LogP contribution in [-0.2, 0) is 28.6 Å². The number of rotatable bonds is 40. The summed E-state index contributed by atoms with van der Waals surface area (Å²) in [6.07, 6.45) is 39.3. The van der Waals surface area contributed by atoms with Gasteiger partial charge in [-0.15, -0.1) is 0 Å². The standard InChI is InChI=1S/C46H89NO6/c1-6-8-10-12-14-16-18-20-21-22-24-26-28-30-32-34-39-47(38-33-31-29-27-25-23-19-17-15-13-11-9-7-2)43(48)42-51-40-41-52-44(49)36-35-37-45(50)53-46(3,4)5/h6-42H2,1-5H3. The first-order chi connectivity index (χ1) is 25.7. The Balaban J connectivity index is 4.24. The first-order valence-corrected chi connectivity index (χ1v) is 22.9. The highest BCUT2D eigenvalue weighted by molar-refractivity contribution is 5.77. The summed E-state index contributed by atoms with van der Waals surface area (Å²) in [6.45, 7) is 11.9. The number of hydrogen-bond acceptors (Lipinski definition) is 6. The lowest BCUT2D eigenvalue weighted by Gasteiger charge is -2.23. The van der Waals surface area contributed by atoms with Crippen LogP contribution in [0.2, 0.25) is 0 Å². The molecule has 1 amide bonds. The fourth-order valence-electron chi connectivity index (χ4n) is 6.84. The van der Waals surface area contributed by atoms with Crippen molar-refractivity contribution in [2.24, 2.45) is 0 Å². The van der Waals surface area contributed by atoms with Crippen molar-refractivity contribution < 1.29 is 28.6 Å². The highest BCUT2D eigenvalue weighted by Gasteiger charge is 2.17. The minimum atomic E-state index is -0.528. The van der Waals surface area contributed by atoms with Crippen molar-refractivity contribution in [2.45, 2.75) is 246 Å². The number of ether oxygens (including phenoxy) is 3. The second-order valence-corrected chi connectivity index (χ2v) is 16.6. The van der Waals surface area contributed by atoms with E-state index in [1.54, 1.807) is 0 Å². The molecule has 0 spiro atoms. The molecule has 0 radical (unpaired) electrons. The van der Waals surface area contributed by atoms with Crippen LogP contribution in [0.25, 0.3) is 0 Å². The average Bonchev–Trinajstić information content (AvgIpc) is 3.11. The van der Waals surface area contributed by atoms with Crippen molar-refractivity contribution >= 4 is 17.8 Å². The maximum atomic E-state index is 13.1. The van der Waals surface area contributed by atoms with Gasteiger partial charge in [-0.25, -0.2) is 0 Å². The molecular weight excluding hydrogens is 663 g/mol. The number of carbonyl (C=O) groups excluding carboxylic acids is 3. The molecule has 0 aliphatic heterocycles. The highest BCUT2D eigenvalue weighted by atomic mass is 16.6. The molecular formula is C46H89NO6. The minimum Gasteiger partial charge on any atom is -0.463 e. The van der Waals surface area contributed by atoms with Gasteiger partial charge in [-0.1, -0.05) is 187 Å². The van der Waals surface area contributed by atoms with Crippen molar-refractivity contribution in [2.75, 3.05) is 32.9 Å². The van der Waals surface area contributed by atoms with Gasteiger partial charge < -0.3 is 19.1 Å². The molecule has 0 aromatic carbocycles. The SMILES string of the molecule is CCCCCCCCCCCCCCCCCCN(CCCCCCCCCCCCCCC)C(=O)COCCOC(=O)CCCC(=O)OC(C)(C)C. The average molecular weight is 752 g/mol. The summed E-state index contributed by atoms with van der Waals surface area (Å²) in [4.78, 5) is 39.0. The van der Waals surface area contributed by atoms with E-state index < -0.39 is 5.60 Å². The van der Waals surface area contributed by atoms with Gasteiger partial charge in [0.05, 0.1) is 6.61 Å². The molecule has 7 heteroatoms. The van der Waals surface area contributed by atoms with Gasteiger partial charge in [-0.2, -0.15) is 0 Å². The summed E-state index contributed by atoms with van der Waals surface area (Å²) in [5.41, 5.74) is -0.528. The number of amides is 1. The number of esters is 2. The lowest BCUT2D eigenvalue weighted by Crippen LogP contribution is -2.36. The maximum Gasteiger partial charge on any atom is 0.306 e. The number of hydrogen-bond donors (Lipinski definition) is 0. The highest BCUT2D eigenvalue weighted by Crippen LogP contribution is 2.16. The Morgan fingerprint density at radius 3 is 1.13 bits per heavy atom. The first-order valence-electron chi connectivity index (χ1n) is 22.9. The summed E-state index contributed by atoms with van der Waals surface area (Å²) in [7, 11) is 0. The summed E-state index contributed by atoms with van der Waals surface area (Å²) < 4.78 is 16.1. The van der Waals surface area contributed by atoms with Gasteiger partial charge in [-0.3, -0.25) is 14.4 Å². The molecule has 0 aliphatic carbocycles.